The van der Waals surface area contributed by atoms with Crippen molar-refractivity contribution in [1.82, 2.24) is 0 Å². The Labute approximate surface area is 67.0 Å². The molecule has 2 heteroatoms. The first-order chi connectivity index (χ1) is 5.27. The molecule has 1 unspecified atom stereocenters. The van der Waals surface area contributed by atoms with Crippen molar-refractivity contribution in [3.05, 3.63) is 11.3 Å². The third-order valence-electron chi connectivity index (χ3n) is 1.87. The van der Waals surface area contributed by atoms with E-state index in [0.717, 1.165) is 30.4 Å². The highest BCUT2D eigenvalue weighted by Gasteiger charge is 2.11. The average Bonchev–Trinajstić information content (AvgIpc) is 2.04. The number of rotatable bonds is 2. The van der Waals surface area contributed by atoms with Gasteiger partial charge in [0.05, 0.1) is 0 Å². The van der Waals surface area contributed by atoms with Gasteiger partial charge in [-0.05, 0) is 18.8 Å². The van der Waals surface area contributed by atoms with Gasteiger partial charge in [0.1, 0.15) is 6.29 Å². The Morgan fingerprint density at radius 1 is 1.82 bits per heavy atom. The molecular weight excluding hydrogens is 138 g/mol. The van der Waals surface area contributed by atoms with E-state index in [2.05, 4.69) is 11.9 Å². The molecule has 0 amide bonds. The number of hydrogen-bond acceptors (Lipinski definition) is 2. The van der Waals surface area contributed by atoms with E-state index in [9.17, 15) is 4.79 Å². The first-order valence-corrected chi connectivity index (χ1v) is 3.99. The van der Waals surface area contributed by atoms with Crippen LogP contribution in [0.2, 0.25) is 0 Å². The summed E-state index contributed by atoms with van der Waals surface area (Å²) in [6.07, 6.45) is 4.57. The lowest BCUT2D eigenvalue weighted by Crippen LogP contribution is -2.07. The molecule has 1 atom stereocenters. The molecular formula is C9H13NO. The van der Waals surface area contributed by atoms with Crippen molar-refractivity contribution in [3.63, 3.8) is 0 Å². The van der Waals surface area contributed by atoms with E-state index >= 15 is 0 Å². The van der Waals surface area contributed by atoms with Crippen LogP contribution in [0.3, 0.4) is 0 Å². The lowest BCUT2D eigenvalue weighted by atomic mass is 9.98. The van der Waals surface area contributed by atoms with Crippen LogP contribution in [0.25, 0.3) is 0 Å². The molecule has 60 valence electrons. The van der Waals surface area contributed by atoms with Gasteiger partial charge in [-0.1, -0.05) is 13.8 Å². The van der Waals surface area contributed by atoms with E-state index in [-0.39, 0.29) is 0 Å². The van der Waals surface area contributed by atoms with E-state index < -0.39 is 0 Å². The van der Waals surface area contributed by atoms with Gasteiger partial charge in [0.2, 0.25) is 0 Å². The largest absolute Gasteiger partial charge is 0.298 e. The maximum atomic E-state index is 10.5. The van der Waals surface area contributed by atoms with Gasteiger partial charge in [-0.15, -0.1) is 0 Å². The molecule has 1 rings (SSSR count). The van der Waals surface area contributed by atoms with Crippen LogP contribution in [0.1, 0.15) is 26.7 Å². The Balaban J connectivity index is 2.85. The molecule has 1 aliphatic rings. The van der Waals surface area contributed by atoms with Crippen molar-refractivity contribution in [2.45, 2.75) is 26.7 Å². The summed E-state index contributed by atoms with van der Waals surface area (Å²) >= 11 is 0. The van der Waals surface area contributed by atoms with Crippen molar-refractivity contribution in [3.8, 4) is 0 Å². The molecule has 2 nitrogen and oxygen atoms in total. The molecule has 1 heterocycles. The van der Waals surface area contributed by atoms with Crippen molar-refractivity contribution in [1.29, 1.82) is 0 Å². The van der Waals surface area contributed by atoms with Crippen LogP contribution in [-0.2, 0) is 4.79 Å². The van der Waals surface area contributed by atoms with Gasteiger partial charge in [-0.2, -0.15) is 0 Å². The van der Waals surface area contributed by atoms with Gasteiger partial charge in [0, 0.05) is 17.5 Å². The van der Waals surface area contributed by atoms with E-state index in [1.807, 2.05) is 13.1 Å². The first kappa shape index (κ1) is 8.18. The standard InChI is InChI=1S/C9H13NO/c1-3-9-8(6-11)4-7(2)5-10-9/h5-7H,3-4H2,1-2H3. The number of allylic oxidation sites excluding steroid dienone is 2. The zero-order valence-corrected chi connectivity index (χ0v) is 7.00. The summed E-state index contributed by atoms with van der Waals surface area (Å²) in [5.74, 6) is 0.422. The Bertz CT molecular complexity index is 216. The Kier molecular flexibility index (Phi) is 2.58. The van der Waals surface area contributed by atoms with Crippen LogP contribution < -0.4 is 0 Å². The SMILES string of the molecule is CCC1=C(C=O)CC(C)C=N1. The highest BCUT2D eigenvalue weighted by atomic mass is 16.1. The zero-order valence-electron chi connectivity index (χ0n) is 7.00. The van der Waals surface area contributed by atoms with Crippen molar-refractivity contribution in [2.75, 3.05) is 0 Å². The molecule has 0 fully saturated rings. The number of hydrogen-bond donors (Lipinski definition) is 0. The van der Waals surface area contributed by atoms with Crippen LogP contribution in [0.4, 0.5) is 0 Å². The third kappa shape index (κ3) is 1.76. The fourth-order valence-electron chi connectivity index (χ4n) is 1.25. The molecule has 1 aliphatic heterocycles. The van der Waals surface area contributed by atoms with E-state index in [1.54, 1.807) is 0 Å². The Morgan fingerprint density at radius 3 is 3.09 bits per heavy atom. The zero-order chi connectivity index (χ0) is 8.27. The van der Waals surface area contributed by atoms with Crippen molar-refractivity contribution < 1.29 is 4.79 Å². The average molecular weight is 151 g/mol. The van der Waals surface area contributed by atoms with Gasteiger partial charge in [0.15, 0.2) is 0 Å². The molecule has 0 radical (unpaired) electrons. The molecule has 0 aromatic rings. The second-order valence-electron chi connectivity index (χ2n) is 2.90. The van der Waals surface area contributed by atoms with E-state index in [4.69, 9.17) is 0 Å². The lowest BCUT2D eigenvalue weighted by molar-refractivity contribution is -0.105. The molecule has 0 bridgehead atoms. The second-order valence-corrected chi connectivity index (χ2v) is 2.90. The Morgan fingerprint density at radius 2 is 2.55 bits per heavy atom. The molecule has 0 aromatic carbocycles. The van der Waals surface area contributed by atoms with Crippen LogP contribution in [-0.4, -0.2) is 12.5 Å². The number of aliphatic imine (C=N–C) groups is 1. The minimum Gasteiger partial charge on any atom is -0.298 e. The van der Waals surface area contributed by atoms with Gasteiger partial charge >= 0.3 is 0 Å². The molecule has 0 aromatic heterocycles. The molecule has 0 spiro atoms. The number of carbonyl (C=O) groups is 1. The molecule has 0 saturated heterocycles. The maximum Gasteiger partial charge on any atom is 0.147 e. The summed E-state index contributed by atoms with van der Waals surface area (Å²) < 4.78 is 0. The first-order valence-electron chi connectivity index (χ1n) is 3.99. The summed E-state index contributed by atoms with van der Waals surface area (Å²) in [4.78, 5) is 14.7. The second kappa shape index (κ2) is 3.46. The molecule has 0 N–H and O–H groups in total. The summed E-state index contributed by atoms with van der Waals surface area (Å²) in [7, 11) is 0. The summed E-state index contributed by atoms with van der Waals surface area (Å²) in [6, 6.07) is 0. The van der Waals surface area contributed by atoms with Crippen LogP contribution in [0.5, 0.6) is 0 Å². The number of aldehydes is 1. The van der Waals surface area contributed by atoms with Crippen LogP contribution in [0.15, 0.2) is 16.3 Å². The highest BCUT2D eigenvalue weighted by Crippen LogP contribution is 2.20. The number of carbonyl (C=O) groups excluding carboxylic acids is 1. The van der Waals surface area contributed by atoms with Gasteiger partial charge in [0.25, 0.3) is 0 Å². The summed E-state index contributed by atoms with van der Waals surface area (Å²) in [5, 5.41) is 0. The van der Waals surface area contributed by atoms with Crippen molar-refractivity contribution in [2.24, 2.45) is 10.9 Å². The van der Waals surface area contributed by atoms with Crippen LogP contribution in [0, 0.1) is 5.92 Å². The number of nitrogens with zero attached hydrogens (tertiary/aromatic N) is 1. The fraction of sp³-hybridized carbons (Fsp3) is 0.556. The summed E-state index contributed by atoms with van der Waals surface area (Å²) in [6.45, 7) is 4.09. The fourth-order valence-corrected chi connectivity index (χ4v) is 1.25. The maximum absolute atomic E-state index is 10.5. The molecule has 0 saturated carbocycles. The van der Waals surface area contributed by atoms with E-state index in [1.165, 1.54) is 0 Å². The van der Waals surface area contributed by atoms with Gasteiger partial charge in [-0.3, -0.25) is 9.79 Å². The van der Waals surface area contributed by atoms with Gasteiger partial charge in [-0.25, -0.2) is 0 Å². The molecule has 0 aliphatic carbocycles. The minimum absolute atomic E-state index is 0.422. The third-order valence-corrected chi connectivity index (χ3v) is 1.87. The Hall–Kier alpha value is -0.920. The highest BCUT2D eigenvalue weighted by molar-refractivity contribution is 5.79. The minimum atomic E-state index is 0.422. The topological polar surface area (TPSA) is 29.4 Å². The normalized spacial score (nSPS) is 24.0. The van der Waals surface area contributed by atoms with Gasteiger partial charge < -0.3 is 0 Å². The van der Waals surface area contributed by atoms with E-state index in [0.29, 0.717) is 5.92 Å². The monoisotopic (exact) mass is 151 g/mol. The molecule has 11 heavy (non-hydrogen) atoms. The smallest absolute Gasteiger partial charge is 0.147 e. The lowest BCUT2D eigenvalue weighted by Gasteiger charge is -2.13. The van der Waals surface area contributed by atoms with Crippen molar-refractivity contribution >= 4 is 12.5 Å². The quantitative estimate of drug-likeness (QED) is 0.555. The summed E-state index contributed by atoms with van der Waals surface area (Å²) in [5.41, 5.74) is 1.83. The predicted octanol–water partition coefficient (Wildman–Crippen LogP) is 1.96. The predicted molar refractivity (Wildman–Crippen MR) is 45.7 cm³/mol. The van der Waals surface area contributed by atoms with Crippen LogP contribution >= 0.6 is 0 Å².